The first-order valence-corrected chi connectivity index (χ1v) is 5.02. The van der Waals surface area contributed by atoms with E-state index in [1.807, 2.05) is 37.3 Å². The Labute approximate surface area is 89.9 Å². The summed E-state index contributed by atoms with van der Waals surface area (Å²) in [6.45, 7) is 1.84. The highest BCUT2D eigenvalue weighted by atomic mass is 17.2. The predicted molar refractivity (Wildman–Crippen MR) is 57.0 cm³/mol. The average Bonchev–Trinajstić information content (AvgIpc) is 2.27. The monoisotopic (exact) mass is 208 g/mol. The zero-order chi connectivity index (χ0) is 11.1. The number of carbonyl (C=O) groups is 1. The third kappa shape index (κ3) is 4.13. The highest BCUT2D eigenvalue weighted by molar-refractivity contribution is 5.71. The number of hydrogen-bond acceptors (Lipinski definition) is 3. The Kier molecular flexibility index (Phi) is 4.84. The Morgan fingerprint density at radius 1 is 1.33 bits per heavy atom. The molecule has 0 amide bonds. The molecule has 82 valence electrons. The number of carbonyl (C=O) groups excluding carboxylic acids is 1. The highest BCUT2D eigenvalue weighted by Crippen LogP contribution is 2.10. The fourth-order valence-corrected chi connectivity index (χ4v) is 1.31. The Hall–Kier alpha value is -1.35. The number of aryl methyl sites for hydroxylation is 1. The SMILES string of the molecule is COOC(=O)C(C)CCc1ccccc1. The first-order valence-electron chi connectivity index (χ1n) is 5.02. The van der Waals surface area contributed by atoms with Crippen molar-refractivity contribution >= 4 is 5.97 Å². The van der Waals surface area contributed by atoms with Crippen molar-refractivity contribution in [3.05, 3.63) is 35.9 Å². The molecule has 1 aromatic rings. The van der Waals surface area contributed by atoms with Gasteiger partial charge in [-0.1, -0.05) is 37.3 Å². The molecule has 1 rings (SSSR count). The summed E-state index contributed by atoms with van der Waals surface area (Å²) in [7, 11) is 1.34. The first kappa shape index (κ1) is 11.7. The van der Waals surface area contributed by atoms with Crippen molar-refractivity contribution in [3.8, 4) is 0 Å². The minimum atomic E-state index is -0.312. The summed E-state index contributed by atoms with van der Waals surface area (Å²) in [6, 6.07) is 10.1. The maximum Gasteiger partial charge on any atom is 0.345 e. The molecule has 3 nitrogen and oxygen atoms in total. The summed E-state index contributed by atoms with van der Waals surface area (Å²) in [6.07, 6.45) is 1.65. The molecule has 0 aliphatic rings. The van der Waals surface area contributed by atoms with E-state index in [4.69, 9.17) is 0 Å². The highest BCUT2D eigenvalue weighted by Gasteiger charge is 2.14. The first-order chi connectivity index (χ1) is 7.24. The van der Waals surface area contributed by atoms with Crippen molar-refractivity contribution in [2.45, 2.75) is 19.8 Å². The second-order valence-corrected chi connectivity index (χ2v) is 3.49. The molecular weight excluding hydrogens is 192 g/mol. The Bertz CT molecular complexity index is 295. The molecule has 0 aliphatic heterocycles. The van der Waals surface area contributed by atoms with Crippen molar-refractivity contribution < 1.29 is 14.6 Å². The molecule has 0 bridgehead atoms. The van der Waals surface area contributed by atoms with Gasteiger partial charge in [-0.05, 0) is 18.4 Å². The molecule has 0 saturated carbocycles. The summed E-state index contributed by atoms with van der Waals surface area (Å²) >= 11 is 0. The lowest BCUT2D eigenvalue weighted by atomic mass is 10.0. The molecule has 1 aromatic carbocycles. The fraction of sp³-hybridized carbons (Fsp3) is 0.417. The summed E-state index contributed by atoms with van der Waals surface area (Å²) in [5.41, 5.74) is 1.23. The number of benzene rings is 1. The molecular formula is C12H16O3. The molecule has 3 heteroatoms. The van der Waals surface area contributed by atoms with Gasteiger partial charge < -0.3 is 0 Å². The van der Waals surface area contributed by atoms with Crippen LogP contribution < -0.4 is 0 Å². The van der Waals surface area contributed by atoms with Crippen LogP contribution in [-0.4, -0.2) is 13.1 Å². The van der Waals surface area contributed by atoms with E-state index in [2.05, 4.69) is 9.78 Å². The van der Waals surface area contributed by atoms with E-state index in [0.29, 0.717) is 0 Å². The molecule has 0 fully saturated rings. The van der Waals surface area contributed by atoms with E-state index in [-0.39, 0.29) is 11.9 Å². The van der Waals surface area contributed by atoms with Crippen LogP contribution in [0.2, 0.25) is 0 Å². The van der Waals surface area contributed by atoms with Gasteiger partial charge >= 0.3 is 5.97 Å². The lowest BCUT2D eigenvalue weighted by Gasteiger charge is -2.08. The van der Waals surface area contributed by atoms with Gasteiger partial charge in [0.15, 0.2) is 0 Å². The Morgan fingerprint density at radius 3 is 2.60 bits per heavy atom. The minimum Gasteiger partial charge on any atom is -0.298 e. The van der Waals surface area contributed by atoms with E-state index in [0.717, 1.165) is 12.8 Å². The van der Waals surface area contributed by atoms with Gasteiger partial charge in [-0.25, -0.2) is 4.79 Å². The Morgan fingerprint density at radius 2 is 2.00 bits per heavy atom. The second kappa shape index (κ2) is 6.19. The van der Waals surface area contributed by atoms with Crippen LogP contribution >= 0.6 is 0 Å². The third-order valence-corrected chi connectivity index (χ3v) is 2.28. The fourth-order valence-electron chi connectivity index (χ4n) is 1.31. The molecule has 15 heavy (non-hydrogen) atoms. The van der Waals surface area contributed by atoms with Gasteiger partial charge in [0.05, 0.1) is 13.0 Å². The summed E-state index contributed by atoms with van der Waals surface area (Å²) in [4.78, 5) is 20.0. The molecule has 0 aromatic heterocycles. The largest absolute Gasteiger partial charge is 0.345 e. The van der Waals surface area contributed by atoms with E-state index >= 15 is 0 Å². The topological polar surface area (TPSA) is 35.5 Å². The van der Waals surface area contributed by atoms with E-state index in [1.165, 1.54) is 12.7 Å². The van der Waals surface area contributed by atoms with Crippen LogP contribution in [0.3, 0.4) is 0 Å². The van der Waals surface area contributed by atoms with Crippen LogP contribution in [0.15, 0.2) is 30.3 Å². The van der Waals surface area contributed by atoms with Crippen LogP contribution in [0.5, 0.6) is 0 Å². The third-order valence-electron chi connectivity index (χ3n) is 2.28. The summed E-state index contributed by atoms with van der Waals surface area (Å²) < 4.78 is 0. The van der Waals surface area contributed by atoms with Gasteiger partial charge in [-0.2, -0.15) is 4.89 Å². The van der Waals surface area contributed by atoms with Crippen molar-refractivity contribution in [2.24, 2.45) is 5.92 Å². The van der Waals surface area contributed by atoms with Gasteiger partial charge in [0.2, 0.25) is 0 Å². The molecule has 0 heterocycles. The molecule has 1 atom stereocenters. The molecule has 0 spiro atoms. The molecule has 0 aliphatic carbocycles. The number of rotatable bonds is 5. The quantitative estimate of drug-likeness (QED) is 0.550. The zero-order valence-corrected chi connectivity index (χ0v) is 9.10. The van der Waals surface area contributed by atoms with Gasteiger partial charge in [0.25, 0.3) is 0 Å². The van der Waals surface area contributed by atoms with Gasteiger partial charge in [-0.3, -0.25) is 4.89 Å². The summed E-state index contributed by atoms with van der Waals surface area (Å²) in [5.74, 6) is -0.446. The average molecular weight is 208 g/mol. The summed E-state index contributed by atoms with van der Waals surface area (Å²) in [5, 5.41) is 0. The van der Waals surface area contributed by atoms with Crippen molar-refractivity contribution in [1.29, 1.82) is 0 Å². The van der Waals surface area contributed by atoms with Crippen LogP contribution in [0.25, 0.3) is 0 Å². The maximum atomic E-state index is 11.2. The van der Waals surface area contributed by atoms with Crippen LogP contribution in [0.1, 0.15) is 18.9 Å². The van der Waals surface area contributed by atoms with Gasteiger partial charge in [-0.15, -0.1) is 0 Å². The van der Waals surface area contributed by atoms with E-state index in [9.17, 15) is 4.79 Å². The normalized spacial score (nSPS) is 12.1. The smallest absolute Gasteiger partial charge is 0.298 e. The van der Waals surface area contributed by atoms with Gasteiger partial charge in [0.1, 0.15) is 0 Å². The van der Waals surface area contributed by atoms with Crippen molar-refractivity contribution in [3.63, 3.8) is 0 Å². The minimum absolute atomic E-state index is 0.134. The standard InChI is InChI=1S/C12H16O3/c1-10(12(13)15-14-2)8-9-11-6-4-3-5-7-11/h3-7,10H,8-9H2,1-2H3. The maximum absolute atomic E-state index is 11.2. The van der Waals surface area contributed by atoms with Crippen LogP contribution in [0.4, 0.5) is 0 Å². The van der Waals surface area contributed by atoms with Gasteiger partial charge in [0, 0.05) is 0 Å². The molecule has 1 unspecified atom stereocenters. The van der Waals surface area contributed by atoms with Crippen LogP contribution in [-0.2, 0) is 21.0 Å². The predicted octanol–water partition coefficient (Wildman–Crippen LogP) is 2.36. The molecule has 0 N–H and O–H groups in total. The molecule has 0 saturated heterocycles. The second-order valence-electron chi connectivity index (χ2n) is 3.49. The van der Waals surface area contributed by atoms with E-state index in [1.54, 1.807) is 0 Å². The zero-order valence-electron chi connectivity index (χ0n) is 9.10. The molecule has 0 radical (unpaired) electrons. The lowest BCUT2D eigenvalue weighted by Crippen LogP contribution is -2.14. The van der Waals surface area contributed by atoms with Crippen LogP contribution in [0, 0.1) is 5.92 Å². The Balaban J connectivity index is 2.34. The van der Waals surface area contributed by atoms with Crippen molar-refractivity contribution in [2.75, 3.05) is 7.11 Å². The number of hydrogen-bond donors (Lipinski definition) is 0. The lowest BCUT2D eigenvalue weighted by molar-refractivity contribution is -0.258. The van der Waals surface area contributed by atoms with E-state index < -0.39 is 0 Å². The van der Waals surface area contributed by atoms with Crippen molar-refractivity contribution in [1.82, 2.24) is 0 Å².